The third-order valence-corrected chi connectivity index (χ3v) is 3.63. The lowest BCUT2D eigenvalue weighted by Crippen LogP contribution is -2.15. The van der Waals surface area contributed by atoms with Gasteiger partial charge in [0.15, 0.2) is 0 Å². The Morgan fingerprint density at radius 2 is 2.10 bits per heavy atom. The minimum atomic E-state index is -0.118. The summed E-state index contributed by atoms with van der Waals surface area (Å²) in [5, 5.41) is 11.8. The number of amides is 1. The summed E-state index contributed by atoms with van der Waals surface area (Å²) in [7, 11) is 0. The topological polar surface area (TPSA) is 65.2 Å². The predicted molar refractivity (Wildman–Crippen MR) is 84.7 cm³/mol. The summed E-state index contributed by atoms with van der Waals surface area (Å²) >= 11 is 3.38. The van der Waals surface area contributed by atoms with Crippen LogP contribution in [0.2, 0.25) is 0 Å². The van der Waals surface area contributed by atoms with Crippen LogP contribution in [-0.2, 0) is 4.79 Å². The summed E-state index contributed by atoms with van der Waals surface area (Å²) in [5.41, 5.74) is 3.39. The Bertz CT molecular complexity index is 805. The number of hydrogen-bond acceptors (Lipinski definition) is 3. The number of nitrogens with zero attached hydrogens (tertiary/aromatic N) is 2. The van der Waals surface area contributed by atoms with Gasteiger partial charge in [-0.25, -0.2) is 0 Å². The molecule has 1 heterocycles. The third-order valence-electron chi connectivity index (χ3n) is 3.14. The van der Waals surface area contributed by atoms with Crippen LogP contribution < -0.4 is 5.32 Å². The maximum Gasteiger partial charge on any atom is 0.230 e. The molecule has 1 aliphatic heterocycles. The smallest absolute Gasteiger partial charge is 0.230 e. The van der Waals surface area contributed by atoms with Crippen molar-refractivity contribution in [1.29, 1.82) is 5.26 Å². The SMILES string of the molecule is N#Cc1cccc(C2=Nc3ccc(Br)cc3NC(=O)C2)c1. The second-order valence-corrected chi connectivity index (χ2v) is 5.55. The van der Waals surface area contributed by atoms with Crippen LogP contribution >= 0.6 is 15.9 Å². The lowest BCUT2D eigenvalue weighted by molar-refractivity contribution is -0.115. The molecule has 102 valence electrons. The molecule has 0 aromatic heterocycles. The monoisotopic (exact) mass is 339 g/mol. The number of anilines is 1. The number of carbonyl (C=O) groups is 1. The van der Waals surface area contributed by atoms with Gasteiger partial charge < -0.3 is 5.32 Å². The summed E-state index contributed by atoms with van der Waals surface area (Å²) < 4.78 is 0.881. The molecule has 2 aromatic rings. The highest BCUT2D eigenvalue weighted by molar-refractivity contribution is 9.10. The number of carbonyl (C=O) groups excluding carboxylic acids is 1. The Balaban J connectivity index is 2.11. The number of halogens is 1. The van der Waals surface area contributed by atoms with Crippen molar-refractivity contribution in [2.45, 2.75) is 6.42 Å². The number of nitrogens with one attached hydrogen (secondary N) is 1. The number of fused-ring (bicyclic) bond motifs is 1. The number of benzene rings is 2. The molecular weight excluding hydrogens is 330 g/mol. The molecule has 4 nitrogen and oxygen atoms in total. The second-order valence-electron chi connectivity index (χ2n) is 4.64. The van der Waals surface area contributed by atoms with Crippen LogP contribution in [0.15, 0.2) is 51.9 Å². The molecule has 0 saturated heterocycles. The number of aliphatic imine (C=N–C) groups is 1. The van der Waals surface area contributed by atoms with Crippen molar-refractivity contribution in [3.05, 3.63) is 58.1 Å². The summed E-state index contributed by atoms with van der Waals surface area (Å²) in [5.74, 6) is -0.118. The fourth-order valence-electron chi connectivity index (χ4n) is 2.17. The first-order valence-electron chi connectivity index (χ1n) is 6.33. The highest BCUT2D eigenvalue weighted by Gasteiger charge is 2.17. The van der Waals surface area contributed by atoms with Gasteiger partial charge in [0, 0.05) is 4.47 Å². The third kappa shape index (κ3) is 2.86. The summed E-state index contributed by atoms with van der Waals surface area (Å²) in [6.07, 6.45) is 0.182. The van der Waals surface area contributed by atoms with Gasteiger partial charge >= 0.3 is 0 Å². The van der Waals surface area contributed by atoms with Crippen LogP contribution in [0.3, 0.4) is 0 Å². The molecule has 0 atom stereocenters. The zero-order chi connectivity index (χ0) is 14.8. The Hall–Kier alpha value is -2.45. The normalized spacial score (nSPS) is 13.5. The molecule has 0 bridgehead atoms. The zero-order valence-corrected chi connectivity index (χ0v) is 12.5. The molecule has 3 rings (SSSR count). The highest BCUT2D eigenvalue weighted by atomic mass is 79.9. The van der Waals surface area contributed by atoms with Crippen molar-refractivity contribution >= 4 is 38.9 Å². The van der Waals surface area contributed by atoms with Crippen molar-refractivity contribution in [2.75, 3.05) is 5.32 Å². The van der Waals surface area contributed by atoms with Gasteiger partial charge in [-0.1, -0.05) is 28.1 Å². The first-order valence-corrected chi connectivity index (χ1v) is 7.12. The molecular formula is C16H10BrN3O. The largest absolute Gasteiger partial charge is 0.324 e. The minimum absolute atomic E-state index is 0.118. The Kier molecular flexibility index (Phi) is 3.55. The van der Waals surface area contributed by atoms with E-state index >= 15 is 0 Å². The number of rotatable bonds is 1. The lowest BCUT2D eigenvalue weighted by Gasteiger charge is -2.04. The molecule has 0 aliphatic carbocycles. The van der Waals surface area contributed by atoms with Crippen molar-refractivity contribution in [3.8, 4) is 6.07 Å². The molecule has 0 unspecified atom stereocenters. The van der Waals surface area contributed by atoms with Crippen LogP contribution in [0, 0.1) is 11.3 Å². The van der Waals surface area contributed by atoms with Crippen LogP contribution in [0.1, 0.15) is 17.5 Å². The Morgan fingerprint density at radius 3 is 2.90 bits per heavy atom. The molecule has 21 heavy (non-hydrogen) atoms. The number of nitriles is 1. The fraction of sp³-hybridized carbons (Fsp3) is 0.0625. The van der Waals surface area contributed by atoms with E-state index in [-0.39, 0.29) is 12.3 Å². The summed E-state index contributed by atoms with van der Waals surface area (Å²) in [4.78, 5) is 16.6. The molecule has 0 saturated carbocycles. The number of hydrogen-bond donors (Lipinski definition) is 1. The van der Waals surface area contributed by atoms with Crippen molar-refractivity contribution in [3.63, 3.8) is 0 Å². The lowest BCUT2D eigenvalue weighted by atomic mass is 10.0. The Labute approximate surface area is 130 Å². The van der Waals surface area contributed by atoms with Gasteiger partial charge in [-0.2, -0.15) is 5.26 Å². The molecule has 1 N–H and O–H groups in total. The fourth-order valence-corrected chi connectivity index (χ4v) is 2.53. The standard InChI is InChI=1S/C16H10BrN3O/c17-12-4-5-13-15(7-12)20-16(21)8-14(19-13)11-3-1-2-10(6-11)9-18/h1-7H,8H2,(H,20,21). The maximum atomic E-state index is 12.0. The van der Waals surface area contributed by atoms with E-state index in [1.165, 1.54) is 0 Å². The van der Waals surface area contributed by atoms with Gasteiger partial charge in [0.1, 0.15) is 0 Å². The van der Waals surface area contributed by atoms with Gasteiger partial charge in [-0.3, -0.25) is 9.79 Å². The minimum Gasteiger partial charge on any atom is -0.324 e. The van der Waals surface area contributed by atoms with Crippen molar-refractivity contribution < 1.29 is 4.79 Å². The van der Waals surface area contributed by atoms with Gasteiger partial charge in [0.2, 0.25) is 5.91 Å². The molecule has 1 amide bonds. The van der Waals surface area contributed by atoms with Gasteiger partial charge in [-0.05, 0) is 35.9 Å². The van der Waals surface area contributed by atoms with E-state index in [1.807, 2.05) is 24.3 Å². The molecule has 1 aliphatic rings. The van der Waals surface area contributed by atoms with E-state index in [2.05, 4.69) is 32.3 Å². The van der Waals surface area contributed by atoms with Gasteiger partial charge in [0.25, 0.3) is 0 Å². The highest BCUT2D eigenvalue weighted by Crippen LogP contribution is 2.31. The van der Waals surface area contributed by atoms with E-state index in [4.69, 9.17) is 5.26 Å². The maximum absolute atomic E-state index is 12.0. The Morgan fingerprint density at radius 1 is 1.24 bits per heavy atom. The summed E-state index contributed by atoms with van der Waals surface area (Å²) in [6, 6.07) is 14.8. The van der Waals surface area contributed by atoms with E-state index < -0.39 is 0 Å². The summed E-state index contributed by atoms with van der Waals surface area (Å²) in [6.45, 7) is 0. The van der Waals surface area contributed by atoms with Gasteiger partial charge in [-0.15, -0.1) is 0 Å². The van der Waals surface area contributed by atoms with E-state index in [9.17, 15) is 4.79 Å². The van der Waals surface area contributed by atoms with Crippen LogP contribution in [0.25, 0.3) is 0 Å². The average molecular weight is 340 g/mol. The molecule has 5 heteroatoms. The van der Waals surface area contributed by atoms with E-state index in [0.29, 0.717) is 22.6 Å². The molecule has 0 spiro atoms. The molecule has 0 radical (unpaired) electrons. The van der Waals surface area contributed by atoms with E-state index in [1.54, 1.807) is 18.2 Å². The predicted octanol–water partition coefficient (Wildman–Crippen LogP) is 3.78. The van der Waals surface area contributed by atoms with Crippen LogP contribution in [0.4, 0.5) is 11.4 Å². The quantitative estimate of drug-likeness (QED) is 0.858. The molecule has 2 aromatic carbocycles. The first-order chi connectivity index (χ1) is 10.2. The van der Waals surface area contributed by atoms with Gasteiger partial charge in [0.05, 0.1) is 35.1 Å². The van der Waals surface area contributed by atoms with Crippen LogP contribution in [-0.4, -0.2) is 11.6 Å². The van der Waals surface area contributed by atoms with Crippen molar-refractivity contribution in [1.82, 2.24) is 0 Å². The van der Waals surface area contributed by atoms with E-state index in [0.717, 1.165) is 10.0 Å². The van der Waals surface area contributed by atoms with Crippen LogP contribution in [0.5, 0.6) is 0 Å². The van der Waals surface area contributed by atoms with Crippen molar-refractivity contribution in [2.24, 2.45) is 4.99 Å². The zero-order valence-electron chi connectivity index (χ0n) is 10.9. The first kappa shape index (κ1) is 13.5. The average Bonchev–Trinajstić information content (AvgIpc) is 2.65. The second kappa shape index (κ2) is 5.51. The molecule has 0 fully saturated rings.